The SMILES string of the molecule is CCC(=O)CCCCC(=O)NCCCCC(NC(=O)CNC(=O)C(CCSC)NC(=O)c1ccc(CNC(=O)CN2CCN(CC(=O)O)CCN(CC(=O)O)CCN(CC(=O)O)CC2)cc1)C(=O)O. The zero-order valence-electron chi connectivity index (χ0n) is 39.7. The second kappa shape index (κ2) is 33.7. The lowest BCUT2D eigenvalue weighted by atomic mass is 10.1. The van der Waals surface area contributed by atoms with Crippen molar-refractivity contribution in [3.8, 4) is 0 Å². The molecule has 0 spiro atoms. The molecule has 2 atom stereocenters. The first-order chi connectivity index (χ1) is 32.9. The van der Waals surface area contributed by atoms with Crippen LogP contribution in [-0.2, 0) is 49.7 Å². The summed E-state index contributed by atoms with van der Waals surface area (Å²) >= 11 is 1.44. The predicted molar refractivity (Wildman–Crippen MR) is 254 cm³/mol. The Bertz CT molecular complexity index is 1830. The number of nitrogens with one attached hydrogen (secondary N) is 5. The minimum absolute atomic E-state index is 0.0800. The van der Waals surface area contributed by atoms with Crippen molar-refractivity contribution < 1.29 is 68.4 Å². The van der Waals surface area contributed by atoms with E-state index in [0.717, 1.165) is 0 Å². The van der Waals surface area contributed by atoms with Gasteiger partial charge in [0.2, 0.25) is 23.6 Å². The number of thioether (sulfide) groups is 1. The van der Waals surface area contributed by atoms with Crippen LogP contribution < -0.4 is 26.6 Å². The number of hydrogen-bond acceptors (Lipinski definition) is 15. The minimum atomic E-state index is -1.26. The topological polar surface area (TPSA) is 325 Å². The summed E-state index contributed by atoms with van der Waals surface area (Å²) in [6, 6.07) is 4.06. The van der Waals surface area contributed by atoms with Crippen LogP contribution in [0.3, 0.4) is 0 Å². The maximum atomic E-state index is 13.3. The number of carboxylic acid groups (broad SMARTS) is 4. The van der Waals surface area contributed by atoms with Gasteiger partial charge in [0, 0.05) is 90.3 Å². The first-order valence-electron chi connectivity index (χ1n) is 23.2. The molecule has 1 aromatic carbocycles. The fourth-order valence-electron chi connectivity index (χ4n) is 7.13. The molecule has 2 rings (SSSR count). The third-order valence-electron chi connectivity index (χ3n) is 11.1. The highest BCUT2D eigenvalue weighted by atomic mass is 32.2. The Morgan fingerprint density at radius 2 is 1.10 bits per heavy atom. The number of nitrogens with zero attached hydrogens (tertiary/aromatic N) is 4. The molecule has 0 aliphatic carbocycles. The fourth-order valence-corrected chi connectivity index (χ4v) is 7.60. The van der Waals surface area contributed by atoms with Crippen molar-refractivity contribution in [1.29, 1.82) is 0 Å². The van der Waals surface area contributed by atoms with Gasteiger partial charge in [-0.15, -0.1) is 0 Å². The lowest BCUT2D eigenvalue weighted by Crippen LogP contribution is -2.51. The normalized spacial score (nSPS) is 15.3. The van der Waals surface area contributed by atoms with Gasteiger partial charge in [-0.1, -0.05) is 19.1 Å². The third-order valence-corrected chi connectivity index (χ3v) is 11.8. The standard InChI is InChI=1S/C45H71N9O14S/c1-3-34(55)8-4-5-10-37(56)46-16-7-6-9-36(45(67)68)49-38(57)27-48-44(66)35(15-25-69-2)50-43(65)33-13-11-32(12-14-33)26-47-39(58)28-51-17-19-52(29-40(59)60)21-23-54(31-42(63)64)24-22-53(20-18-51)30-41(61)62/h11-14,35-36H,3-10,15-31H2,1-2H3,(H,46,56)(H,47,58)(H,48,66)(H,49,57)(H,50,65)(H,59,60)(H,61,62)(H,63,64)(H,67,68). The van der Waals surface area contributed by atoms with Gasteiger partial charge in [-0.2, -0.15) is 11.8 Å². The molecule has 1 aromatic rings. The van der Waals surface area contributed by atoms with E-state index in [9.17, 15) is 68.4 Å². The second-order valence-corrected chi connectivity index (χ2v) is 17.7. The number of rotatable bonds is 31. The zero-order valence-corrected chi connectivity index (χ0v) is 40.5. The number of hydrogen-bond donors (Lipinski definition) is 9. The number of carbonyl (C=O) groups is 10. The lowest BCUT2D eigenvalue weighted by molar-refractivity contribution is -0.142. The van der Waals surface area contributed by atoms with Crippen LogP contribution in [0.15, 0.2) is 24.3 Å². The van der Waals surface area contributed by atoms with Crippen LogP contribution in [-0.4, -0.2) is 215 Å². The number of ketones is 1. The van der Waals surface area contributed by atoms with Crippen LogP contribution in [0, 0.1) is 0 Å². The Labute approximate surface area is 406 Å². The maximum absolute atomic E-state index is 13.3. The van der Waals surface area contributed by atoms with Crippen molar-refractivity contribution in [2.75, 3.05) is 104 Å². The second-order valence-electron chi connectivity index (χ2n) is 16.7. The number of Topliss-reactive ketones (excluding diaryl/α,β-unsaturated/α-hetero) is 1. The van der Waals surface area contributed by atoms with Crippen LogP contribution in [0.2, 0.25) is 0 Å². The lowest BCUT2D eigenvalue weighted by Gasteiger charge is -2.32. The van der Waals surface area contributed by atoms with Crippen molar-refractivity contribution in [2.24, 2.45) is 0 Å². The number of carbonyl (C=O) groups excluding carboxylic acids is 6. The summed E-state index contributed by atoms with van der Waals surface area (Å²) < 4.78 is 0. The van der Waals surface area contributed by atoms with Crippen LogP contribution in [0.1, 0.15) is 80.6 Å². The average Bonchev–Trinajstić information content (AvgIpc) is 3.29. The molecule has 1 aliphatic heterocycles. The average molecular weight is 994 g/mol. The van der Waals surface area contributed by atoms with E-state index in [1.165, 1.54) is 23.9 Å². The smallest absolute Gasteiger partial charge is 0.326 e. The molecule has 0 aromatic heterocycles. The van der Waals surface area contributed by atoms with Crippen molar-refractivity contribution in [3.05, 3.63) is 35.4 Å². The van der Waals surface area contributed by atoms with Crippen molar-refractivity contribution in [1.82, 2.24) is 46.2 Å². The number of benzene rings is 1. The minimum Gasteiger partial charge on any atom is -0.480 e. The third kappa shape index (κ3) is 27.2. The largest absolute Gasteiger partial charge is 0.480 e. The van der Waals surface area contributed by atoms with Crippen LogP contribution in [0.4, 0.5) is 0 Å². The molecule has 9 N–H and O–H groups in total. The van der Waals surface area contributed by atoms with Gasteiger partial charge in [-0.3, -0.25) is 62.8 Å². The van der Waals surface area contributed by atoms with Crippen LogP contribution in [0.25, 0.3) is 0 Å². The van der Waals surface area contributed by atoms with Crippen molar-refractivity contribution in [2.45, 2.75) is 83.3 Å². The molecular formula is C45H71N9O14S. The highest BCUT2D eigenvalue weighted by Crippen LogP contribution is 2.09. The van der Waals surface area contributed by atoms with Gasteiger partial charge in [0.25, 0.3) is 5.91 Å². The van der Waals surface area contributed by atoms with Gasteiger partial charge in [0.1, 0.15) is 17.9 Å². The van der Waals surface area contributed by atoms with Crippen LogP contribution >= 0.6 is 11.8 Å². The van der Waals surface area contributed by atoms with Gasteiger partial charge in [0.15, 0.2) is 0 Å². The number of unbranched alkanes of at least 4 members (excludes halogenated alkanes) is 2. The molecule has 23 nitrogen and oxygen atoms in total. The highest BCUT2D eigenvalue weighted by Gasteiger charge is 2.25. The summed E-state index contributed by atoms with van der Waals surface area (Å²) in [5, 5.41) is 51.2. The van der Waals surface area contributed by atoms with E-state index in [0.29, 0.717) is 62.8 Å². The predicted octanol–water partition coefficient (Wildman–Crippen LogP) is -0.859. The van der Waals surface area contributed by atoms with Crippen molar-refractivity contribution in [3.63, 3.8) is 0 Å². The fraction of sp³-hybridized carbons (Fsp3) is 0.644. The molecule has 1 heterocycles. The van der Waals surface area contributed by atoms with E-state index in [4.69, 9.17) is 0 Å². The van der Waals surface area contributed by atoms with E-state index in [1.54, 1.807) is 38.7 Å². The highest BCUT2D eigenvalue weighted by molar-refractivity contribution is 7.98. The molecule has 0 bridgehead atoms. The first-order valence-corrected chi connectivity index (χ1v) is 24.6. The Balaban J connectivity index is 1.91. The van der Waals surface area contributed by atoms with E-state index in [1.807, 2.05) is 6.26 Å². The Kier molecular flexibility index (Phi) is 29.1. The van der Waals surface area contributed by atoms with E-state index < -0.39 is 60.2 Å². The maximum Gasteiger partial charge on any atom is 0.326 e. The van der Waals surface area contributed by atoms with Crippen LogP contribution in [0.5, 0.6) is 0 Å². The number of aliphatic carboxylic acids is 4. The van der Waals surface area contributed by atoms with E-state index >= 15 is 0 Å². The molecule has 386 valence electrons. The molecule has 0 saturated carbocycles. The molecule has 1 saturated heterocycles. The van der Waals surface area contributed by atoms with Gasteiger partial charge >= 0.3 is 23.9 Å². The Morgan fingerprint density at radius 1 is 0.580 bits per heavy atom. The summed E-state index contributed by atoms with van der Waals surface area (Å²) in [5.74, 6) is -6.24. The first kappa shape index (κ1) is 59.4. The van der Waals surface area contributed by atoms with Gasteiger partial charge in [-0.25, -0.2) is 4.79 Å². The van der Waals surface area contributed by atoms with Gasteiger partial charge < -0.3 is 47.0 Å². The summed E-state index contributed by atoms with van der Waals surface area (Å²) in [6.45, 7) is 2.77. The number of amides is 5. The summed E-state index contributed by atoms with van der Waals surface area (Å²) in [5.41, 5.74) is 0.869. The molecular weight excluding hydrogens is 923 g/mol. The molecule has 1 aliphatic rings. The molecule has 24 heteroatoms. The monoisotopic (exact) mass is 993 g/mol. The van der Waals surface area contributed by atoms with Crippen molar-refractivity contribution >= 4 is 71.0 Å². The molecule has 69 heavy (non-hydrogen) atoms. The summed E-state index contributed by atoms with van der Waals surface area (Å²) in [7, 11) is 0. The van der Waals surface area contributed by atoms with E-state index in [-0.39, 0.29) is 121 Å². The summed E-state index contributed by atoms with van der Waals surface area (Å²) in [4.78, 5) is 129. The van der Waals surface area contributed by atoms with Gasteiger partial charge in [-0.05, 0) is 68.2 Å². The summed E-state index contributed by atoms with van der Waals surface area (Å²) in [6.07, 6.45) is 5.48. The Morgan fingerprint density at radius 3 is 1.59 bits per heavy atom. The zero-order chi connectivity index (χ0) is 51.1. The molecule has 0 radical (unpaired) electrons. The van der Waals surface area contributed by atoms with Gasteiger partial charge in [0.05, 0.1) is 32.7 Å². The Hall–Kier alpha value is -5.69. The molecule has 5 amide bonds. The quantitative estimate of drug-likeness (QED) is 0.0409. The molecule has 2 unspecified atom stereocenters. The molecule has 1 fully saturated rings. The number of carboxylic acids is 4. The van der Waals surface area contributed by atoms with E-state index in [2.05, 4.69) is 26.6 Å².